The van der Waals surface area contributed by atoms with E-state index in [9.17, 15) is 9.59 Å². The molecule has 0 atom stereocenters. The van der Waals surface area contributed by atoms with Gasteiger partial charge in [-0.05, 0) is 24.6 Å². The van der Waals surface area contributed by atoms with Crippen LogP contribution in [0.15, 0.2) is 24.3 Å². The fraction of sp³-hybridized carbons (Fsp3) is 0.333. The van der Waals surface area contributed by atoms with Gasteiger partial charge in [0.2, 0.25) is 5.91 Å². The van der Waals surface area contributed by atoms with Crippen LogP contribution in [0.3, 0.4) is 0 Å². The molecule has 0 aliphatic rings. The predicted molar refractivity (Wildman–Crippen MR) is 68.0 cm³/mol. The topological polar surface area (TPSA) is 93.5 Å². The fourth-order valence-electron chi connectivity index (χ4n) is 1.24. The molecule has 6 nitrogen and oxygen atoms in total. The van der Waals surface area contributed by atoms with Crippen molar-refractivity contribution >= 4 is 17.7 Å². The molecule has 1 rings (SSSR count). The van der Waals surface area contributed by atoms with Crippen LogP contribution in [-0.4, -0.2) is 25.1 Å². The van der Waals surface area contributed by atoms with Crippen LogP contribution in [0.4, 0.5) is 10.5 Å². The summed E-state index contributed by atoms with van der Waals surface area (Å²) in [4.78, 5) is 22.1. The first-order valence-electron chi connectivity index (χ1n) is 5.65. The summed E-state index contributed by atoms with van der Waals surface area (Å²) in [6, 6.07) is 6.99. The van der Waals surface area contributed by atoms with E-state index in [1.165, 1.54) is 0 Å². The number of ether oxygens (including phenoxy) is 1. The van der Waals surface area contributed by atoms with Crippen LogP contribution in [0.1, 0.15) is 12.5 Å². The van der Waals surface area contributed by atoms with E-state index in [4.69, 9.17) is 10.5 Å². The van der Waals surface area contributed by atoms with Crippen LogP contribution >= 0.6 is 0 Å². The second-order valence-corrected chi connectivity index (χ2v) is 3.56. The molecule has 4 N–H and O–H groups in total. The molecular weight excluding hydrogens is 234 g/mol. The third kappa shape index (κ3) is 4.84. The lowest BCUT2D eigenvalue weighted by Crippen LogP contribution is -2.23. The van der Waals surface area contributed by atoms with Crippen molar-refractivity contribution in [2.24, 2.45) is 5.73 Å². The van der Waals surface area contributed by atoms with E-state index < -0.39 is 6.09 Å². The lowest BCUT2D eigenvalue weighted by Gasteiger charge is -2.07. The number of amides is 2. The zero-order chi connectivity index (χ0) is 13.4. The summed E-state index contributed by atoms with van der Waals surface area (Å²) in [6.07, 6.45) is -0.446. The van der Waals surface area contributed by atoms with E-state index >= 15 is 0 Å². The minimum Gasteiger partial charge on any atom is -0.445 e. The average Bonchev–Trinajstić information content (AvgIpc) is 2.38. The first-order valence-corrected chi connectivity index (χ1v) is 5.65. The number of benzene rings is 1. The summed E-state index contributed by atoms with van der Waals surface area (Å²) in [5.41, 5.74) is 6.68. The Labute approximate surface area is 105 Å². The fourth-order valence-corrected chi connectivity index (χ4v) is 1.24. The van der Waals surface area contributed by atoms with Gasteiger partial charge in [0.1, 0.15) is 6.61 Å². The molecule has 2 amide bonds. The van der Waals surface area contributed by atoms with Gasteiger partial charge in [0, 0.05) is 12.2 Å². The summed E-state index contributed by atoms with van der Waals surface area (Å²) in [7, 11) is 0. The van der Waals surface area contributed by atoms with E-state index in [1.54, 1.807) is 24.3 Å². The van der Waals surface area contributed by atoms with Gasteiger partial charge >= 0.3 is 6.09 Å². The lowest BCUT2D eigenvalue weighted by atomic mass is 10.2. The van der Waals surface area contributed by atoms with Crippen molar-refractivity contribution in [2.75, 3.05) is 18.4 Å². The zero-order valence-corrected chi connectivity index (χ0v) is 10.2. The molecule has 1 aromatic rings. The van der Waals surface area contributed by atoms with Crippen LogP contribution < -0.4 is 16.4 Å². The number of anilines is 1. The van der Waals surface area contributed by atoms with Crippen molar-refractivity contribution in [1.82, 2.24) is 5.32 Å². The molecule has 0 saturated heterocycles. The van der Waals surface area contributed by atoms with E-state index in [0.717, 1.165) is 5.56 Å². The Morgan fingerprint density at radius 1 is 1.28 bits per heavy atom. The Hall–Kier alpha value is -2.08. The van der Waals surface area contributed by atoms with Crippen molar-refractivity contribution in [2.45, 2.75) is 13.5 Å². The van der Waals surface area contributed by atoms with Crippen molar-refractivity contribution in [3.8, 4) is 0 Å². The molecule has 0 bridgehead atoms. The Morgan fingerprint density at radius 3 is 2.50 bits per heavy atom. The van der Waals surface area contributed by atoms with Crippen LogP contribution in [0.25, 0.3) is 0 Å². The van der Waals surface area contributed by atoms with E-state index in [1.807, 2.05) is 6.92 Å². The van der Waals surface area contributed by atoms with Gasteiger partial charge in [-0.25, -0.2) is 4.79 Å². The summed E-state index contributed by atoms with van der Waals surface area (Å²) in [6.45, 7) is 2.48. The zero-order valence-electron chi connectivity index (χ0n) is 10.2. The molecule has 0 aliphatic carbocycles. The summed E-state index contributed by atoms with van der Waals surface area (Å²) in [5.74, 6) is -0.249. The number of alkyl carbamates (subject to hydrolysis) is 1. The molecule has 0 saturated carbocycles. The van der Waals surface area contributed by atoms with E-state index in [0.29, 0.717) is 12.2 Å². The van der Waals surface area contributed by atoms with E-state index in [2.05, 4.69) is 10.6 Å². The lowest BCUT2D eigenvalue weighted by molar-refractivity contribution is -0.114. The molecular formula is C12H17N3O3. The third-order valence-electron chi connectivity index (χ3n) is 2.11. The smallest absolute Gasteiger partial charge is 0.407 e. The third-order valence-corrected chi connectivity index (χ3v) is 2.11. The average molecular weight is 251 g/mol. The highest BCUT2D eigenvalue weighted by atomic mass is 16.5. The van der Waals surface area contributed by atoms with Gasteiger partial charge in [0.25, 0.3) is 0 Å². The molecule has 0 fully saturated rings. The predicted octanol–water partition coefficient (Wildman–Crippen LogP) is 0.830. The van der Waals surface area contributed by atoms with Crippen molar-refractivity contribution < 1.29 is 14.3 Å². The minimum atomic E-state index is -0.446. The first kappa shape index (κ1) is 14.0. The largest absolute Gasteiger partial charge is 0.445 e. The van der Waals surface area contributed by atoms with Gasteiger partial charge < -0.3 is 21.1 Å². The maximum atomic E-state index is 11.1. The minimum absolute atomic E-state index is 0.0535. The van der Waals surface area contributed by atoms with Gasteiger partial charge in [-0.2, -0.15) is 0 Å². The molecule has 0 radical (unpaired) electrons. The molecule has 0 unspecified atom stereocenters. The van der Waals surface area contributed by atoms with Gasteiger partial charge in [-0.1, -0.05) is 12.1 Å². The first-order chi connectivity index (χ1) is 8.65. The quantitative estimate of drug-likeness (QED) is 0.722. The number of rotatable bonds is 5. The van der Waals surface area contributed by atoms with Crippen LogP contribution in [-0.2, 0) is 16.1 Å². The van der Waals surface area contributed by atoms with Crippen molar-refractivity contribution in [3.05, 3.63) is 29.8 Å². The number of carbonyl (C=O) groups is 2. The van der Waals surface area contributed by atoms with Gasteiger partial charge in [0.05, 0.1) is 6.54 Å². The second-order valence-electron chi connectivity index (χ2n) is 3.56. The highest BCUT2D eigenvalue weighted by Gasteiger charge is 2.02. The summed E-state index contributed by atoms with van der Waals surface area (Å²) < 4.78 is 4.95. The summed E-state index contributed by atoms with van der Waals surface area (Å²) in [5, 5.41) is 5.15. The van der Waals surface area contributed by atoms with Crippen molar-refractivity contribution in [3.63, 3.8) is 0 Å². The molecule has 0 heterocycles. The van der Waals surface area contributed by atoms with Gasteiger partial charge in [-0.15, -0.1) is 0 Å². The van der Waals surface area contributed by atoms with Crippen LogP contribution in [0, 0.1) is 0 Å². The summed E-state index contributed by atoms with van der Waals surface area (Å²) >= 11 is 0. The number of nitrogens with one attached hydrogen (secondary N) is 2. The molecule has 18 heavy (non-hydrogen) atoms. The number of hydrogen-bond acceptors (Lipinski definition) is 4. The van der Waals surface area contributed by atoms with Crippen LogP contribution in [0.2, 0.25) is 0 Å². The molecule has 0 spiro atoms. The standard InChI is InChI=1S/C12H17N3O3/c1-2-14-12(17)18-8-9-3-5-10(6-4-9)15-11(16)7-13/h3-6H,2,7-8,13H2,1H3,(H,14,17)(H,15,16). The van der Waals surface area contributed by atoms with Gasteiger partial charge in [-0.3, -0.25) is 4.79 Å². The number of nitrogens with two attached hydrogens (primary N) is 1. The number of hydrogen-bond donors (Lipinski definition) is 3. The monoisotopic (exact) mass is 251 g/mol. The normalized spacial score (nSPS) is 9.67. The van der Waals surface area contributed by atoms with Crippen LogP contribution in [0.5, 0.6) is 0 Å². The maximum Gasteiger partial charge on any atom is 0.407 e. The highest BCUT2D eigenvalue weighted by Crippen LogP contribution is 2.10. The highest BCUT2D eigenvalue weighted by molar-refractivity contribution is 5.92. The molecule has 98 valence electrons. The Bertz CT molecular complexity index is 404. The Kier molecular flexibility index (Phi) is 5.66. The molecule has 1 aromatic carbocycles. The maximum absolute atomic E-state index is 11.1. The van der Waals surface area contributed by atoms with Crippen molar-refractivity contribution in [1.29, 1.82) is 0 Å². The molecule has 0 aliphatic heterocycles. The number of carbonyl (C=O) groups excluding carboxylic acids is 2. The Morgan fingerprint density at radius 2 is 1.94 bits per heavy atom. The molecule has 0 aromatic heterocycles. The van der Waals surface area contributed by atoms with E-state index in [-0.39, 0.29) is 19.1 Å². The molecule has 6 heteroatoms. The Balaban J connectivity index is 2.45. The second kappa shape index (κ2) is 7.29. The van der Waals surface area contributed by atoms with Gasteiger partial charge in [0.15, 0.2) is 0 Å². The SMILES string of the molecule is CCNC(=O)OCc1ccc(NC(=O)CN)cc1.